The molecule has 2 aromatic heterocycles. The molecule has 23 heavy (non-hydrogen) atoms. The lowest BCUT2D eigenvalue weighted by Gasteiger charge is -2.11. The Balaban J connectivity index is 2.09. The summed E-state index contributed by atoms with van der Waals surface area (Å²) in [6.45, 7) is 7.21. The number of nitrogens with zero attached hydrogens (tertiary/aromatic N) is 2. The smallest absolute Gasteiger partial charge is 0.139 e. The molecule has 0 saturated carbocycles. The minimum Gasteiger partial charge on any atom is -0.497 e. The van der Waals surface area contributed by atoms with E-state index in [4.69, 9.17) is 4.74 Å². The minimum absolute atomic E-state index is 0.559. The fourth-order valence-electron chi connectivity index (χ4n) is 2.46. The van der Waals surface area contributed by atoms with E-state index in [-0.39, 0.29) is 0 Å². The number of rotatable bonds is 5. The number of benzene rings is 1. The van der Waals surface area contributed by atoms with Crippen LogP contribution in [0.4, 0.5) is 5.82 Å². The molecule has 0 aliphatic rings. The number of methoxy groups -OCH3 is 1. The Kier molecular flexibility index (Phi) is 4.48. The summed E-state index contributed by atoms with van der Waals surface area (Å²) in [5.41, 5.74) is 2.32. The number of thiophene rings is 1. The van der Waals surface area contributed by atoms with Crippen LogP contribution in [0, 0.1) is 12.8 Å². The van der Waals surface area contributed by atoms with Crippen LogP contribution in [0.5, 0.6) is 5.75 Å². The molecule has 0 saturated heterocycles. The van der Waals surface area contributed by atoms with Gasteiger partial charge in [-0.1, -0.05) is 26.0 Å². The third-order valence-electron chi connectivity index (χ3n) is 3.62. The predicted octanol–water partition coefficient (Wildman–Crippen LogP) is 4.74. The van der Waals surface area contributed by atoms with Gasteiger partial charge in [0.1, 0.15) is 22.2 Å². The van der Waals surface area contributed by atoms with Crippen molar-refractivity contribution in [1.82, 2.24) is 9.97 Å². The Morgan fingerprint density at radius 1 is 1.17 bits per heavy atom. The zero-order valence-corrected chi connectivity index (χ0v) is 14.7. The molecule has 0 radical (unpaired) electrons. The molecule has 0 spiro atoms. The van der Waals surface area contributed by atoms with Gasteiger partial charge in [0, 0.05) is 17.5 Å². The maximum Gasteiger partial charge on any atom is 0.139 e. The van der Waals surface area contributed by atoms with E-state index < -0.39 is 0 Å². The van der Waals surface area contributed by atoms with E-state index in [2.05, 4.69) is 46.6 Å². The summed E-state index contributed by atoms with van der Waals surface area (Å²) < 4.78 is 5.24. The van der Waals surface area contributed by atoms with Gasteiger partial charge in [-0.3, -0.25) is 0 Å². The summed E-state index contributed by atoms with van der Waals surface area (Å²) in [7, 11) is 1.68. The molecule has 0 atom stereocenters. The Morgan fingerprint density at radius 2 is 1.91 bits per heavy atom. The Bertz CT molecular complexity index is 809. The Morgan fingerprint density at radius 3 is 2.57 bits per heavy atom. The van der Waals surface area contributed by atoms with Crippen molar-refractivity contribution in [1.29, 1.82) is 0 Å². The first-order valence-electron chi connectivity index (χ1n) is 7.72. The van der Waals surface area contributed by atoms with Crippen LogP contribution < -0.4 is 10.1 Å². The largest absolute Gasteiger partial charge is 0.497 e. The van der Waals surface area contributed by atoms with Crippen molar-refractivity contribution >= 4 is 27.4 Å². The van der Waals surface area contributed by atoms with Crippen LogP contribution in [0.2, 0.25) is 0 Å². The molecule has 3 aromatic rings. The third-order valence-corrected chi connectivity index (χ3v) is 4.50. The maximum absolute atomic E-state index is 5.24. The van der Waals surface area contributed by atoms with E-state index in [1.54, 1.807) is 18.4 Å². The lowest BCUT2D eigenvalue weighted by Crippen LogP contribution is -2.10. The topological polar surface area (TPSA) is 47.0 Å². The summed E-state index contributed by atoms with van der Waals surface area (Å²) >= 11 is 1.66. The van der Waals surface area contributed by atoms with Crippen molar-refractivity contribution in [3.63, 3.8) is 0 Å². The van der Waals surface area contributed by atoms with E-state index in [9.17, 15) is 0 Å². The van der Waals surface area contributed by atoms with Gasteiger partial charge in [-0.05, 0) is 30.5 Å². The highest BCUT2D eigenvalue weighted by Gasteiger charge is 2.14. The number of hydrogen-bond acceptors (Lipinski definition) is 5. The Labute approximate surface area is 140 Å². The van der Waals surface area contributed by atoms with Crippen LogP contribution in [0.3, 0.4) is 0 Å². The average Bonchev–Trinajstić information content (AvgIpc) is 2.96. The molecule has 0 amide bonds. The molecule has 5 heteroatoms. The van der Waals surface area contributed by atoms with Crippen molar-refractivity contribution in [2.24, 2.45) is 5.92 Å². The van der Waals surface area contributed by atoms with E-state index in [0.717, 1.165) is 39.7 Å². The van der Waals surface area contributed by atoms with Gasteiger partial charge in [-0.2, -0.15) is 0 Å². The van der Waals surface area contributed by atoms with Crippen molar-refractivity contribution < 1.29 is 4.74 Å². The lowest BCUT2D eigenvalue weighted by molar-refractivity contribution is 0.415. The molecule has 0 unspecified atom stereocenters. The van der Waals surface area contributed by atoms with Crippen molar-refractivity contribution in [3.8, 4) is 16.9 Å². The van der Waals surface area contributed by atoms with E-state index in [1.165, 1.54) is 5.56 Å². The summed E-state index contributed by atoms with van der Waals surface area (Å²) in [6, 6.07) is 8.11. The maximum atomic E-state index is 5.24. The van der Waals surface area contributed by atoms with E-state index in [0.29, 0.717) is 5.92 Å². The summed E-state index contributed by atoms with van der Waals surface area (Å²) in [5, 5.41) is 6.73. The van der Waals surface area contributed by atoms with Gasteiger partial charge in [0.15, 0.2) is 0 Å². The second-order valence-corrected chi connectivity index (χ2v) is 6.81. The number of aromatic nitrogens is 2. The number of ether oxygens (including phenoxy) is 1. The summed E-state index contributed by atoms with van der Waals surface area (Å²) in [5.74, 6) is 3.14. The quantitative estimate of drug-likeness (QED) is 0.735. The number of nitrogens with one attached hydrogen (secondary N) is 1. The molecule has 0 aliphatic carbocycles. The highest BCUT2D eigenvalue weighted by molar-refractivity contribution is 7.17. The van der Waals surface area contributed by atoms with Crippen LogP contribution in [0.1, 0.15) is 19.7 Å². The number of anilines is 1. The molecule has 120 valence electrons. The molecular formula is C18H21N3OS. The van der Waals surface area contributed by atoms with Crippen molar-refractivity contribution in [3.05, 3.63) is 35.5 Å². The first-order valence-corrected chi connectivity index (χ1v) is 8.60. The van der Waals surface area contributed by atoms with Gasteiger partial charge >= 0.3 is 0 Å². The zero-order valence-electron chi connectivity index (χ0n) is 13.9. The van der Waals surface area contributed by atoms with Crippen LogP contribution >= 0.6 is 11.3 Å². The molecule has 1 aromatic carbocycles. The fraction of sp³-hybridized carbons (Fsp3) is 0.333. The van der Waals surface area contributed by atoms with E-state index >= 15 is 0 Å². The van der Waals surface area contributed by atoms with Gasteiger partial charge < -0.3 is 10.1 Å². The van der Waals surface area contributed by atoms with Crippen molar-refractivity contribution in [2.45, 2.75) is 20.8 Å². The van der Waals surface area contributed by atoms with Gasteiger partial charge in [-0.25, -0.2) is 9.97 Å². The monoisotopic (exact) mass is 327 g/mol. The molecule has 0 fully saturated rings. The number of hydrogen-bond donors (Lipinski definition) is 1. The lowest BCUT2D eigenvalue weighted by atomic mass is 10.1. The molecule has 2 heterocycles. The summed E-state index contributed by atoms with van der Waals surface area (Å²) in [4.78, 5) is 10.2. The normalized spacial score (nSPS) is 11.2. The van der Waals surface area contributed by atoms with Gasteiger partial charge in [-0.15, -0.1) is 11.3 Å². The first-order chi connectivity index (χ1) is 11.1. The Hall–Kier alpha value is -2.14. The highest BCUT2D eigenvalue weighted by atomic mass is 32.1. The van der Waals surface area contributed by atoms with E-state index in [1.807, 2.05) is 19.1 Å². The molecule has 3 rings (SSSR count). The van der Waals surface area contributed by atoms with Crippen LogP contribution in [0.25, 0.3) is 21.3 Å². The predicted molar refractivity (Wildman–Crippen MR) is 97.5 cm³/mol. The SMILES string of the molecule is COc1ccc(-c2csc3nc(C)nc(NCC(C)C)c23)cc1. The first kappa shape index (κ1) is 15.7. The van der Waals surface area contributed by atoms with Gasteiger partial charge in [0.25, 0.3) is 0 Å². The zero-order chi connectivity index (χ0) is 16.4. The van der Waals surface area contributed by atoms with Crippen molar-refractivity contribution in [2.75, 3.05) is 19.0 Å². The fourth-order valence-corrected chi connectivity index (χ4v) is 3.45. The second-order valence-electron chi connectivity index (χ2n) is 5.95. The molecule has 0 bridgehead atoms. The van der Waals surface area contributed by atoms with Crippen LogP contribution in [0.15, 0.2) is 29.6 Å². The minimum atomic E-state index is 0.559. The second kappa shape index (κ2) is 6.54. The average molecular weight is 327 g/mol. The third kappa shape index (κ3) is 3.29. The number of fused-ring (bicyclic) bond motifs is 1. The van der Waals surface area contributed by atoms with Crippen LogP contribution in [-0.4, -0.2) is 23.6 Å². The standard InChI is InChI=1S/C18H21N3OS/c1-11(2)9-19-17-16-15(10-23-18(16)21-12(3)20-17)13-5-7-14(22-4)8-6-13/h5-8,10-11H,9H2,1-4H3,(H,19,20,21). The number of aryl methyl sites for hydroxylation is 1. The molecule has 1 N–H and O–H groups in total. The van der Waals surface area contributed by atoms with Crippen LogP contribution in [-0.2, 0) is 0 Å². The highest BCUT2D eigenvalue weighted by Crippen LogP contribution is 2.37. The molecular weight excluding hydrogens is 306 g/mol. The molecule has 4 nitrogen and oxygen atoms in total. The van der Waals surface area contributed by atoms with Gasteiger partial charge in [0.2, 0.25) is 0 Å². The summed E-state index contributed by atoms with van der Waals surface area (Å²) in [6.07, 6.45) is 0. The molecule has 0 aliphatic heterocycles. The van der Waals surface area contributed by atoms with Gasteiger partial charge in [0.05, 0.1) is 12.5 Å².